The predicted molar refractivity (Wildman–Crippen MR) is 197 cm³/mol. The smallest absolute Gasteiger partial charge is 0.199 e. The van der Waals surface area contributed by atoms with E-state index in [1.807, 2.05) is 73.7 Å². The van der Waals surface area contributed by atoms with Crippen LogP contribution in [0.4, 0.5) is 5.88 Å². The maximum Gasteiger partial charge on any atom is 0.199 e. The number of furan rings is 2. The van der Waals surface area contributed by atoms with E-state index >= 15 is 0 Å². The minimum absolute atomic E-state index is 0.335. The molecule has 9 rings (SSSR count). The van der Waals surface area contributed by atoms with E-state index in [0.29, 0.717) is 17.6 Å². The van der Waals surface area contributed by atoms with Crippen molar-refractivity contribution < 1.29 is 8.83 Å². The highest BCUT2D eigenvalue weighted by Crippen LogP contribution is 2.38. The molecule has 230 valence electrons. The molecule has 0 spiro atoms. The van der Waals surface area contributed by atoms with Crippen LogP contribution >= 0.6 is 0 Å². The van der Waals surface area contributed by atoms with E-state index in [1.165, 1.54) is 11.1 Å². The molecule has 48 heavy (non-hydrogen) atoms. The Labute approximate surface area is 276 Å². The molecule has 0 aliphatic carbocycles. The van der Waals surface area contributed by atoms with Crippen molar-refractivity contribution in [3.63, 3.8) is 0 Å². The van der Waals surface area contributed by atoms with Gasteiger partial charge in [-0.2, -0.15) is 0 Å². The van der Waals surface area contributed by atoms with Crippen LogP contribution in [0.5, 0.6) is 0 Å². The van der Waals surface area contributed by atoms with Crippen LogP contribution in [0.15, 0.2) is 158 Å². The summed E-state index contributed by atoms with van der Waals surface area (Å²) < 4.78 is 12.2. The Morgan fingerprint density at radius 3 is 2.23 bits per heavy atom. The highest BCUT2D eigenvalue weighted by molar-refractivity contribution is 6.32. The standard InChI is InChI=1S/C42H30N4O2/c1-2-30(38-32-14-7-9-17-35(32)48-39(38)43)41-44-40(29-22-21-27-23-26(19-20-28(27)24-29)25-11-4-3-5-12-25)45-42(46-41)33-15-10-18-36-37(33)31-13-6-8-16-34(31)47-36/h2-24,40H,43H2,1H3,(H,44,45,46)/b30-2+. The molecule has 6 heteroatoms. The van der Waals surface area contributed by atoms with Gasteiger partial charge in [-0.15, -0.1) is 0 Å². The van der Waals surface area contributed by atoms with Crippen molar-refractivity contribution in [2.75, 3.05) is 5.73 Å². The Balaban J connectivity index is 1.21. The molecule has 3 heterocycles. The van der Waals surface area contributed by atoms with Gasteiger partial charge < -0.3 is 19.9 Å². The molecular weight excluding hydrogens is 592 g/mol. The van der Waals surface area contributed by atoms with Gasteiger partial charge in [-0.25, -0.2) is 9.98 Å². The molecule has 6 nitrogen and oxygen atoms in total. The molecule has 0 saturated carbocycles. The number of anilines is 1. The number of fused-ring (bicyclic) bond motifs is 5. The topological polar surface area (TPSA) is 89.0 Å². The van der Waals surface area contributed by atoms with E-state index in [-0.39, 0.29) is 0 Å². The molecule has 1 aliphatic rings. The number of hydrogen-bond acceptors (Lipinski definition) is 6. The molecular formula is C42H30N4O2. The van der Waals surface area contributed by atoms with Gasteiger partial charge in [-0.3, -0.25) is 0 Å². The van der Waals surface area contributed by atoms with Crippen LogP contribution in [-0.2, 0) is 0 Å². The summed E-state index contributed by atoms with van der Waals surface area (Å²) in [4.78, 5) is 10.4. The fourth-order valence-electron chi connectivity index (χ4n) is 6.82. The van der Waals surface area contributed by atoms with Crippen LogP contribution < -0.4 is 11.1 Å². The first-order valence-corrected chi connectivity index (χ1v) is 16.0. The van der Waals surface area contributed by atoms with Gasteiger partial charge in [0.05, 0.1) is 5.56 Å². The number of rotatable bonds is 5. The number of nitrogens with one attached hydrogen (secondary N) is 1. The normalized spacial score (nSPS) is 15.2. The molecule has 0 radical (unpaired) electrons. The zero-order chi connectivity index (χ0) is 32.2. The Hall–Kier alpha value is -6.40. The van der Waals surface area contributed by atoms with Gasteiger partial charge in [0.15, 0.2) is 11.7 Å². The van der Waals surface area contributed by atoms with Gasteiger partial charge in [-0.05, 0) is 64.7 Å². The number of nitrogens with two attached hydrogens (primary N) is 1. The van der Waals surface area contributed by atoms with Gasteiger partial charge in [0.1, 0.15) is 28.8 Å². The highest BCUT2D eigenvalue weighted by atomic mass is 16.3. The summed E-state index contributed by atoms with van der Waals surface area (Å²) in [7, 11) is 0. The number of amidine groups is 2. The molecule has 6 aromatic carbocycles. The molecule has 0 fully saturated rings. The van der Waals surface area contributed by atoms with E-state index in [2.05, 4.69) is 78.1 Å². The third-order valence-corrected chi connectivity index (χ3v) is 9.11. The lowest BCUT2D eigenvalue weighted by molar-refractivity contribution is 0.636. The van der Waals surface area contributed by atoms with Gasteiger partial charge in [-0.1, -0.05) is 109 Å². The van der Waals surface area contributed by atoms with E-state index in [1.54, 1.807) is 0 Å². The van der Waals surface area contributed by atoms with Crippen molar-refractivity contribution in [3.8, 4) is 11.1 Å². The number of aliphatic imine (C=N–C) groups is 2. The second kappa shape index (κ2) is 11.1. The summed E-state index contributed by atoms with van der Waals surface area (Å²) in [6.45, 7) is 1.98. The van der Waals surface area contributed by atoms with Gasteiger partial charge in [0.25, 0.3) is 0 Å². The molecule has 1 atom stereocenters. The molecule has 8 aromatic rings. The molecule has 2 aromatic heterocycles. The van der Waals surface area contributed by atoms with Crippen LogP contribution in [0.2, 0.25) is 0 Å². The second-order valence-corrected chi connectivity index (χ2v) is 12.0. The Morgan fingerprint density at radius 2 is 1.40 bits per heavy atom. The largest absolute Gasteiger partial charge is 0.456 e. The first-order chi connectivity index (χ1) is 23.6. The summed E-state index contributed by atoms with van der Waals surface area (Å²) in [6, 6.07) is 45.6. The number of hydrogen-bond donors (Lipinski definition) is 2. The number of allylic oxidation sites excluding steroid dienone is 1. The Kier molecular flexibility index (Phi) is 6.47. The summed E-state index contributed by atoms with van der Waals surface area (Å²) in [5.41, 5.74) is 14.8. The fourth-order valence-corrected chi connectivity index (χ4v) is 6.82. The molecule has 1 aliphatic heterocycles. The van der Waals surface area contributed by atoms with Crippen LogP contribution in [-0.4, -0.2) is 11.7 Å². The average molecular weight is 623 g/mol. The second-order valence-electron chi connectivity index (χ2n) is 12.0. The lowest BCUT2D eigenvalue weighted by atomic mass is 9.98. The maximum atomic E-state index is 6.53. The number of benzene rings is 6. The van der Waals surface area contributed by atoms with Crippen molar-refractivity contribution in [1.82, 2.24) is 5.32 Å². The lowest BCUT2D eigenvalue weighted by Gasteiger charge is -2.25. The predicted octanol–water partition coefficient (Wildman–Crippen LogP) is 10.3. The lowest BCUT2D eigenvalue weighted by Crippen LogP contribution is -2.33. The number of para-hydroxylation sites is 2. The quantitative estimate of drug-likeness (QED) is 0.200. The SMILES string of the molecule is C/C=C(/C1=NC(c2ccc3cc(-c4ccccc4)ccc3c2)NC(c2cccc3oc4ccccc4c23)=N1)c1c(N)oc2ccccc12. The number of nitrogen functional groups attached to an aromatic ring is 1. The molecule has 0 amide bonds. The molecule has 3 N–H and O–H groups in total. The third-order valence-electron chi connectivity index (χ3n) is 9.11. The van der Waals surface area contributed by atoms with Gasteiger partial charge in [0, 0.05) is 27.3 Å². The van der Waals surface area contributed by atoms with Gasteiger partial charge >= 0.3 is 0 Å². The van der Waals surface area contributed by atoms with Crippen LogP contribution in [0.3, 0.4) is 0 Å². The van der Waals surface area contributed by atoms with Gasteiger partial charge in [0.2, 0.25) is 0 Å². The Morgan fingerprint density at radius 1 is 0.688 bits per heavy atom. The van der Waals surface area contributed by atoms with Crippen LogP contribution in [0, 0.1) is 0 Å². The van der Waals surface area contributed by atoms with Crippen molar-refractivity contribution in [2.45, 2.75) is 13.1 Å². The van der Waals surface area contributed by atoms with E-state index in [0.717, 1.165) is 65.9 Å². The summed E-state index contributed by atoms with van der Waals surface area (Å²) in [5, 5.41) is 8.93. The zero-order valence-electron chi connectivity index (χ0n) is 26.1. The maximum absolute atomic E-state index is 6.53. The first-order valence-electron chi connectivity index (χ1n) is 16.0. The van der Waals surface area contributed by atoms with Crippen molar-refractivity contribution in [3.05, 3.63) is 156 Å². The van der Waals surface area contributed by atoms with E-state index in [4.69, 9.17) is 24.6 Å². The van der Waals surface area contributed by atoms with Crippen LogP contribution in [0.1, 0.15) is 29.8 Å². The molecule has 1 unspecified atom stereocenters. The summed E-state index contributed by atoms with van der Waals surface area (Å²) >= 11 is 0. The molecule has 0 bridgehead atoms. The van der Waals surface area contributed by atoms with Crippen molar-refractivity contribution in [2.24, 2.45) is 9.98 Å². The summed E-state index contributed by atoms with van der Waals surface area (Å²) in [5.74, 6) is 1.60. The first kappa shape index (κ1) is 27.9. The third kappa shape index (κ3) is 4.57. The average Bonchev–Trinajstić information content (AvgIpc) is 3.69. The van der Waals surface area contributed by atoms with E-state index in [9.17, 15) is 0 Å². The van der Waals surface area contributed by atoms with Crippen molar-refractivity contribution >= 4 is 66.8 Å². The monoisotopic (exact) mass is 622 g/mol. The van der Waals surface area contributed by atoms with Crippen LogP contribution in [0.25, 0.3) is 60.4 Å². The zero-order valence-corrected chi connectivity index (χ0v) is 26.1. The minimum Gasteiger partial charge on any atom is -0.456 e. The number of nitrogens with zero attached hydrogens (tertiary/aromatic N) is 2. The highest BCUT2D eigenvalue weighted by Gasteiger charge is 2.27. The van der Waals surface area contributed by atoms with E-state index < -0.39 is 6.17 Å². The fraction of sp³-hybridized carbons (Fsp3) is 0.0476. The molecule has 0 saturated heterocycles. The van der Waals surface area contributed by atoms with Crippen molar-refractivity contribution in [1.29, 1.82) is 0 Å². The Bertz CT molecular complexity index is 2620. The minimum atomic E-state index is -0.423. The summed E-state index contributed by atoms with van der Waals surface area (Å²) in [6.07, 6.45) is 1.59.